The van der Waals surface area contributed by atoms with E-state index in [0.717, 1.165) is 5.56 Å². The molecule has 2 aliphatic heterocycles. The van der Waals surface area contributed by atoms with Gasteiger partial charge in [0.1, 0.15) is 16.9 Å². The summed E-state index contributed by atoms with van der Waals surface area (Å²) < 4.78 is 5.48. The molecule has 8 nitrogen and oxygen atoms in total. The molecule has 0 fully saturated rings. The summed E-state index contributed by atoms with van der Waals surface area (Å²) >= 11 is 1.19. The van der Waals surface area contributed by atoms with E-state index in [0.29, 0.717) is 21.2 Å². The molecule has 0 bridgehead atoms. The van der Waals surface area contributed by atoms with Crippen molar-refractivity contribution in [3.05, 3.63) is 82.0 Å². The Morgan fingerprint density at radius 2 is 2.00 bits per heavy atom. The van der Waals surface area contributed by atoms with Gasteiger partial charge in [-0.3, -0.25) is 20.0 Å². The number of aromatic nitrogens is 1. The number of hydrogen-bond donors (Lipinski definition) is 1. The van der Waals surface area contributed by atoms with Crippen molar-refractivity contribution in [3.8, 4) is 0 Å². The molecular weight excluding hydrogens is 390 g/mol. The van der Waals surface area contributed by atoms with Gasteiger partial charge < -0.3 is 4.42 Å². The molecule has 2 aromatic heterocycles. The number of carbonyl (C=O) groups excluding carboxylic acids is 1. The molecule has 140 valence electrons. The van der Waals surface area contributed by atoms with E-state index < -0.39 is 5.91 Å². The maximum atomic E-state index is 12.7. The molecule has 1 aromatic carbocycles. The van der Waals surface area contributed by atoms with Crippen LogP contribution in [0.1, 0.15) is 11.1 Å². The number of pyridine rings is 1. The van der Waals surface area contributed by atoms with Crippen molar-refractivity contribution in [1.82, 2.24) is 9.99 Å². The van der Waals surface area contributed by atoms with Crippen LogP contribution in [0.4, 0.5) is 0 Å². The third kappa shape index (κ3) is 2.88. The van der Waals surface area contributed by atoms with Crippen LogP contribution in [0.25, 0.3) is 17.0 Å². The highest BCUT2D eigenvalue weighted by atomic mass is 32.2. The average molecular weight is 401 g/mol. The number of rotatable bonds is 2. The van der Waals surface area contributed by atoms with Gasteiger partial charge in [0.25, 0.3) is 5.91 Å². The summed E-state index contributed by atoms with van der Waals surface area (Å²) in [6.07, 6.45) is 5.90. The van der Waals surface area contributed by atoms with Crippen molar-refractivity contribution >= 4 is 50.8 Å². The van der Waals surface area contributed by atoms with Gasteiger partial charge >= 0.3 is 0 Å². The second-order valence-corrected chi connectivity index (χ2v) is 7.14. The maximum Gasteiger partial charge on any atom is 0.283 e. The normalized spacial score (nSPS) is 17.5. The molecule has 1 amide bonds. The van der Waals surface area contributed by atoms with E-state index in [2.05, 4.69) is 15.1 Å². The van der Waals surface area contributed by atoms with Gasteiger partial charge in [0.05, 0.1) is 16.5 Å². The molecule has 0 aliphatic carbocycles. The Hall–Kier alpha value is -3.85. The number of hydrogen-bond acceptors (Lipinski definition) is 7. The summed E-state index contributed by atoms with van der Waals surface area (Å²) in [6, 6.07) is 10.4. The quantitative estimate of drug-likeness (QED) is 0.661. The largest absolute Gasteiger partial charge is 0.463 e. The van der Waals surface area contributed by atoms with Gasteiger partial charge in [0, 0.05) is 18.0 Å². The van der Waals surface area contributed by atoms with Crippen molar-refractivity contribution in [2.75, 3.05) is 0 Å². The lowest BCUT2D eigenvalue weighted by molar-refractivity contribution is -0.114. The van der Waals surface area contributed by atoms with Crippen molar-refractivity contribution < 1.29 is 9.21 Å². The van der Waals surface area contributed by atoms with Gasteiger partial charge in [-0.1, -0.05) is 12.1 Å². The van der Waals surface area contributed by atoms with Gasteiger partial charge in [0.2, 0.25) is 5.17 Å². The predicted molar refractivity (Wildman–Crippen MR) is 111 cm³/mol. The molecule has 0 saturated carbocycles. The summed E-state index contributed by atoms with van der Waals surface area (Å²) in [7, 11) is 0. The van der Waals surface area contributed by atoms with Crippen LogP contribution in [0, 0.1) is 5.41 Å². The molecule has 0 saturated heterocycles. The second-order valence-electron chi connectivity index (χ2n) is 6.18. The van der Waals surface area contributed by atoms with Crippen LogP contribution < -0.4 is 5.43 Å². The van der Waals surface area contributed by atoms with Crippen molar-refractivity contribution in [3.63, 3.8) is 0 Å². The number of hydrazone groups is 1. The smallest absolute Gasteiger partial charge is 0.283 e. The lowest BCUT2D eigenvalue weighted by atomic mass is 10.1. The number of amidine groups is 2. The Morgan fingerprint density at radius 1 is 1.14 bits per heavy atom. The number of para-hydroxylation sites is 1. The summed E-state index contributed by atoms with van der Waals surface area (Å²) in [5.74, 6) is -0.761. The fourth-order valence-corrected chi connectivity index (χ4v) is 3.83. The molecule has 4 heterocycles. The highest BCUT2D eigenvalue weighted by Gasteiger charge is 2.36. The number of aliphatic imine (C=N–C) groups is 1. The molecule has 3 aromatic rings. The first kappa shape index (κ1) is 17.3. The Morgan fingerprint density at radius 3 is 2.83 bits per heavy atom. The van der Waals surface area contributed by atoms with Crippen LogP contribution in [-0.4, -0.2) is 31.9 Å². The number of benzene rings is 1. The molecule has 5 rings (SSSR count). The van der Waals surface area contributed by atoms with E-state index in [-0.39, 0.29) is 22.4 Å². The molecule has 9 heteroatoms. The van der Waals surface area contributed by atoms with E-state index in [1.54, 1.807) is 42.7 Å². The van der Waals surface area contributed by atoms with Crippen LogP contribution in [0.5, 0.6) is 0 Å². The zero-order chi connectivity index (χ0) is 20.0. The first-order valence-electron chi connectivity index (χ1n) is 8.53. The molecule has 1 N–H and O–H groups in total. The number of nitrogens with one attached hydrogen (secondary N) is 1. The first-order valence-corrected chi connectivity index (χ1v) is 9.34. The number of fused-ring (bicyclic) bond motifs is 2. The third-order valence-corrected chi connectivity index (χ3v) is 5.33. The van der Waals surface area contributed by atoms with Gasteiger partial charge in [0.15, 0.2) is 11.3 Å². The summed E-state index contributed by atoms with van der Waals surface area (Å²) in [5, 5.41) is 15.4. The minimum Gasteiger partial charge on any atom is -0.463 e. The maximum absolute atomic E-state index is 12.7. The topological polar surface area (TPSA) is 112 Å². The van der Waals surface area contributed by atoms with Crippen LogP contribution in [0.15, 0.2) is 79.9 Å². The highest BCUT2D eigenvalue weighted by molar-refractivity contribution is 8.27. The van der Waals surface area contributed by atoms with Gasteiger partial charge in [-0.2, -0.15) is 15.1 Å². The number of nitrogens with zero attached hydrogens (tertiary/aromatic N) is 4. The summed E-state index contributed by atoms with van der Waals surface area (Å²) in [5.41, 5.74) is 1.05. The lowest BCUT2D eigenvalue weighted by Crippen LogP contribution is -2.35. The zero-order valence-corrected chi connectivity index (χ0v) is 15.5. The molecule has 0 unspecified atom stereocenters. The SMILES string of the molecule is N=C1C(=Cc2coc3ccccc3c2=O)C(=O)N=C2SC(c3cccnc3)=NN12. The van der Waals surface area contributed by atoms with Gasteiger partial charge in [-0.15, -0.1) is 0 Å². The lowest BCUT2D eigenvalue weighted by Gasteiger charge is -2.20. The Balaban J connectivity index is 1.56. The third-order valence-electron chi connectivity index (χ3n) is 4.37. The van der Waals surface area contributed by atoms with E-state index >= 15 is 0 Å². The average Bonchev–Trinajstić information content (AvgIpc) is 3.17. The number of thioether (sulfide) groups is 1. The van der Waals surface area contributed by atoms with Crippen molar-refractivity contribution in [1.29, 1.82) is 5.41 Å². The molecule has 0 radical (unpaired) electrons. The van der Waals surface area contributed by atoms with E-state index in [4.69, 9.17) is 9.83 Å². The van der Waals surface area contributed by atoms with Crippen LogP contribution in [0.2, 0.25) is 0 Å². The number of carbonyl (C=O) groups is 1. The van der Waals surface area contributed by atoms with Gasteiger partial charge in [-0.05, 0) is 42.1 Å². The molecule has 2 aliphatic rings. The Kier molecular flexibility index (Phi) is 3.95. The summed E-state index contributed by atoms with van der Waals surface area (Å²) in [6.45, 7) is 0. The monoisotopic (exact) mass is 401 g/mol. The molecule has 0 atom stereocenters. The standard InChI is InChI=1S/C20H11N5O3S/c21-17-14(8-12-10-28-15-6-2-1-5-13(15)16(12)26)18(27)23-20-25(17)24-19(29-20)11-4-3-7-22-9-11/h1-10,21H. The van der Waals surface area contributed by atoms with E-state index in [9.17, 15) is 9.59 Å². The Labute approximate surface area is 167 Å². The molecular formula is C20H11N5O3S. The fourth-order valence-electron chi connectivity index (χ4n) is 2.95. The first-order chi connectivity index (χ1) is 14.1. The summed E-state index contributed by atoms with van der Waals surface area (Å²) in [4.78, 5) is 33.3. The Bertz CT molecular complexity index is 1340. The molecule has 29 heavy (non-hydrogen) atoms. The zero-order valence-electron chi connectivity index (χ0n) is 14.7. The van der Waals surface area contributed by atoms with Crippen molar-refractivity contribution in [2.45, 2.75) is 0 Å². The second kappa shape index (κ2) is 6.64. The van der Waals surface area contributed by atoms with Crippen molar-refractivity contribution in [2.24, 2.45) is 10.1 Å². The van der Waals surface area contributed by atoms with E-state index in [1.807, 2.05) is 6.07 Å². The fraction of sp³-hybridized carbons (Fsp3) is 0. The van der Waals surface area contributed by atoms with Gasteiger partial charge in [-0.25, -0.2) is 0 Å². The number of amides is 1. The van der Waals surface area contributed by atoms with E-state index in [1.165, 1.54) is 29.1 Å². The minimum absolute atomic E-state index is 0.0342. The van der Waals surface area contributed by atoms with Crippen LogP contribution in [-0.2, 0) is 4.79 Å². The highest BCUT2D eigenvalue weighted by Crippen LogP contribution is 2.30. The van der Waals surface area contributed by atoms with Crippen LogP contribution >= 0.6 is 11.8 Å². The minimum atomic E-state index is -0.607. The molecule has 0 spiro atoms. The van der Waals surface area contributed by atoms with Crippen LogP contribution in [0.3, 0.4) is 0 Å². The predicted octanol–water partition coefficient (Wildman–Crippen LogP) is 2.86.